The van der Waals surface area contributed by atoms with Gasteiger partial charge < -0.3 is 10.1 Å². The molecule has 5 heteroatoms. The highest BCUT2D eigenvalue weighted by Crippen LogP contribution is 2.18. The molecule has 1 aliphatic rings. The molecule has 0 bridgehead atoms. The Morgan fingerprint density at radius 1 is 1.79 bits per heavy atom. The summed E-state index contributed by atoms with van der Waals surface area (Å²) in [6.07, 6.45) is 3.21. The molecule has 2 heterocycles. The van der Waals surface area contributed by atoms with Crippen LogP contribution < -0.4 is 5.32 Å². The molecule has 2 rings (SSSR count). The number of thiazole rings is 1. The van der Waals surface area contributed by atoms with Crippen LogP contribution in [-0.4, -0.2) is 24.1 Å². The number of nitrogens with zero attached hydrogens (tertiary/aromatic N) is 1. The molecule has 14 heavy (non-hydrogen) atoms. The third kappa shape index (κ3) is 2.52. The van der Waals surface area contributed by atoms with Crippen LogP contribution in [0.15, 0.2) is 11.6 Å². The first-order chi connectivity index (χ1) is 6.84. The van der Waals surface area contributed by atoms with Gasteiger partial charge in [-0.2, -0.15) is 0 Å². The fourth-order valence-corrected chi connectivity index (χ4v) is 2.01. The van der Waals surface area contributed by atoms with Gasteiger partial charge in [0, 0.05) is 31.2 Å². The number of anilines is 1. The summed E-state index contributed by atoms with van der Waals surface area (Å²) in [5.74, 6) is 0.422. The normalized spacial score (nSPS) is 21.0. The van der Waals surface area contributed by atoms with Crippen LogP contribution in [-0.2, 0) is 9.53 Å². The number of ether oxygens (including phenoxy) is 1. The van der Waals surface area contributed by atoms with E-state index in [0.717, 1.165) is 13.0 Å². The van der Waals surface area contributed by atoms with Crippen LogP contribution in [0.2, 0.25) is 0 Å². The molecule has 4 nitrogen and oxygen atoms in total. The molecule has 1 atom stereocenters. The van der Waals surface area contributed by atoms with Gasteiger partial charge >= 0.3 is 0 Å². The zero-order chi connectivity index (χ0) is 9.80. The zero-order valence-electron chi connectivity index (χ0n) is 7.73. The van der Waals surface area contributed by atoms with E-state index in [4.69, 9.17) is 4.74 Å². The van der Waals surface area contributed by atoms with Crippen molar-refractivity contribution in [2.45, 2.75) is 12.8 Å². The molecule has 1 aromatic rings. The summed E-state index contributed by atoms with van der Waals surface area (Å²) >= 11 is 1.43. The highest BCUT2D eigenvalue weighted by molar-refractivity contribution is 7.13. The van der Waals surface area contributed by atoms with E-state index in [1.165, 1.54) is 11.3 Å². The molecule has 1 N–H and O–H groups in total. The fourth-order valence-electron chi connectivity index (χ4n) is 1.46. The minimum Gasteiger partial charge on any atom is -0.381 e. The van der Waals surface area contributed by atoms with Gasteiger partial charge in [0.1, 0.15) is 0 Å². The molecule has 1 fully saturated rings. The van der Waals surface area contributed by atoms with Crippen molar-refractivity contribution in [2.75, 3.05) is 18.5 Å². The summed E-state index contributed by atoms with van der Waals surface area (Å²) in [7, 11) is 0. The smallest absolute Gasteiger partial charge is 0.226 e. The average molecular weight is 212 g/mol. The Bertz CT molecular complexity index is 294. The highest BCUT2D eigenvalue weighted by atomic mass is 32.1. The van der Waals surface area contributed by atoms with Gasteiger partial charge in [-0.25, -0.2) is 4.98 Å². The number of carbonyl (C=O) groups excluding carboxylic acids is 1. The number of aromatic nitrogens is 1. The number of hydrogen-bond acceptors (Lipinski definition) is 4. The van der Waals surface area contributed by atoms with Gasteiger partial charge in [-0.3, -0.25) is 4.79 Å². The predicted octanol–water partition coefficient (Wildman–Crippen LogP) is 1.51. The van der Waals surface area contributed by atoms with E-state index in [0.29, 0.717) is 24.1 Å². The minimum absolute atomic E-state index is 0.0375. The lowest BCUT2D eigenvalue weighted by molar-refractivity contribution is -0.117. The molecule has 76 valence electrons. The number of nitrogens with one attached hydrogen (secondary N) is 1. The summed E-state index contributed by atoms with van der Waals surface area (Å²) in [4.78, 5) is 15.5. The van der Waals surface area contributed by atoms with Gasteiger partial charge in [0.2, 0.25) is 5.91 Å². The Kier molecular flexibility index (Phi) is 3.10. The molecule has 1 amide bonds. The van der Waals surface area contributed by atoms with E-state index < -0.39 is 0 Å². The van der Waals surface area contributed by atoms with Crippen molar-refractivity contribution in [1.82, 2.24) is 4.98 Å². The first kappa shape index (κ1) is 9.61. The van der Waals surface area contributed by atoms with Gasteiger partial charge in [0.25, 0.3) is 0 Å². The first-order valence-electron chi connectivity index (χ1n) is 4.61. The Hall–Kier alpha value is -0.940. The van der Waals surface area contributed by atoms with Crippen LogP contribution in [0.1, 0.15) is 12.8 Å². The maximum absolute atomic E-state index is 11.5. The lowest BCUT2D eigenvalue weighted by Crippen LogP contribution is -2.16. The van der Waals surface area contributed by atoms with Gasteiger partial charge in [-0.05, 0) is 12.3 Å². The Balaban J connectivity index is 1.78. The van der Waals surface area contributed by atoms with Crippen LogP contribution in [0.25, 0.3) is 0 Å². The van der Waals surface area contributed by atoms with Gasteiger partial charge in [-0.1, -0.05) is 0 Å². The van der Waals surface area contributed by atoms with E-state index in [-0.39, 0.29) is 5.91 Å². The maximum Gasteiger partial charge on any atom is 0.226 e. The van der Waals surface area contributed by atoms with Gasteiger partial charge in [-0.15, -0.1) is 11.3 Å². The Morgan fingerprint density at radius 2 is 2.71 bits per heavy atom. The van der Waals surface area contributed by atoms with Crippen LogP contribution in [0.5, 0.6) is 0 Å². The van der Waals surface area contributed by atoms with Crippen molar-refractivity contribution in [3.05, 3.63) is 11.6 Å². The number of hydrogen-bond donors (Lipinski definition) is 1. The van der Waals surface area contributed by atoms with Crippen LogP contribution in [0.3, 0.4) is 0 Å². The van der Waals surface area contributed by atoms with Gasteiger partial charge in [0.15, 0.2) is 5.13 Å². The fraction of sp³-hybridized carbons (Fsp3) is 0.556. The number of carbonyl (C=O) groups is 1. The molecule has 1 aliphatic heterocycles. The summed E-state index contributed by atoms with van der Waals surface area (Å²) in [5, 5.41) is 5.28. The predicted molar refractivity (Wildman–Crippen MR) is 54.3 cm³/mol. The Labute approximate surface area is 86.3 Å². The zero-order valence-corrected chi connectivity index (χ0v) is 8.55. The second-order valence-corrected chi connectivity index (χ2v) is 4.21. The lowest BCUT2D eigenvalue weighted by atomic mass is 10.1. The molecule has 1 aromatic heterocycles. The SMILES string of the molecule is O=C(C[C@H]1CCOC1)Nc1nccs1. The van der Waals surface area contributed by atoms with Crippen LogP contribution in [0, 0.1) is 5.92 Å². The third-order valence-corrected chi connectivity index (χ3v) is 2.87. The van der Waals surface area contributed by atoms with Crippen LogP contribution >= 0.6 is 11.3 Å². The van der Waals surface area contributed by atoms with E-state index in [9.17, 15) is 4.79 Å². The van der Waals surface area contributed by atoms with Crippen molar-refractivity contribution in [2.24, 2.45) is 5.92 Å². The first-order valence-corrected chi connectivity index (χ1v) is 5.49. The standard InChI is InChI=1S/C9H12N2O2S/c12-8(5-7-1-3-13-6-7)11-9-10-2-4-14-9/h2,4,7H,1,3,5-6H2,(H,10,11,12)/t7-/m1/s1. The molecule has 0 aromatic carbocycles. The maximum atomic E-state index is 11.5. The number of amides is 1. The van der Waals surface area contributed by atoms with E-state index >= 15 is 0 Å². The topological polar surface area (TPSA) is 51.2 Å². The molecule has 0 radical (unpaired) electrons. The minimum atomic E-state index is 0.0375. The summed E-state index contributed by atoms with van der Waals surface area (Å²) < 4.78 is 5.20. The average Bonchev–Trinajstić information content (AvgIpc) is 2.76. The van der Waals surface area contributed by atoms with Gasteiger partial charge in [0.05, 0.1) is 0 Å². The summed E-state index contributed by atoms with van der Waals surface area (Å²) in [6.45, 7) is 1.50. The van der Waals surface area contributed by atoms with E-state index in [2.05, 4.69) is 10.3 Å². The van der Waals surface area contributed by atoms with E-state index in [1.807, 2.05) is 5.38 Å². The lowest BCUT2D eigenvalue weighted by Gasteiger charge is -2.05. The van der Waals surface area contributed by atoms with Crippen molar-refractivity contribution in [1.29, 1.82) is 0 Å². The molecule has 1 saturated heterocycles. The molecular weight excluding hydrogens is 200 g/mol. The van der Waals surface area contributed by atoms with Crippen molar-refractivity contribution in [3.63, 3.8) is 0 Å². The second-order valence-electron chi connectivity index (χ2n) is 3.32. The van der Waals surface area contributed by atoms with Crippen molar-refractivity contribution < 1.29 is 9.53 Å². The largest absolute Gasteiger partial charge is 0.381 e. The van der Waals surface area contributed by atoms with Crippen LogP contribution in [0.4, 0.5) is 5.13 Å². The monoisotopic (exact) mass is 212 g/mol. The second kappa shape index (κ2) is 4.52. The molecule has 0 spiro atoms. The Morgan fingerprint density at radius 3 is 3.36 bits per heavy atom. The highest BCUT2D eigenvalue weighted by Gasteiger charge is 2.19. The molecule has 0 unspecified atom stereocenters. The van der Waals surface area contributed by atoms with Crippen molar-refractivity contribution >= 4 is 22.4 Å². The summed E-state index contributed by atoms with van der Waals surface area (Å²) in [6, 6.07) is 0. The summed E-state index contributed by atoms with van der Waals surface area (Å²) in [5.41, 5.74) is 0. The molecule has 0 saturated carbocycles. The molecular formula is C9H12N2O2S. The quantitative estimate of drug-likeness (QED) is 0.826. The third-order valence-electron chi connectivity index (χ3n) is 2.18. The van der Waals surface area contributed by atoms with Crippen molar-refractivity contribution in [3.8, 4) is 0 Å². The number of rotatable bonds is 3. The molecule has 0 aliphatic carbocycles. The van der Waals surface area contributed by atoms with E-state index in [1.54, 1.807) is 6.20 Å².